The number of carbonyl (C=O) groups is 2. The Morgan fingerprint density at radius 2 is 1.82 bits per heavy atom. The zero-order valence-electron chi connectivity index (χ0n) is 18.3. The summed E-state index contributed by atoms with van der Waals surface area (Å²) in [7, 11) is 1.62. The summed E-state index contributed by atoms with van der Waals surface area (Å²) in [5, 5.41) is 7.12. The summed E-state index contributed by atoms with van der Waals surface area (Å²) in [4.78, 5) is 31.0. The fourth-order valence-electron chi connectivity index (χ4n) is 3.91. The Morgan fingerprint density at radius 1 is 1.12 bits per heavy atom. The Balaban J connectivity index is 0.000000383. The molecule has 180 valence electrons. The number of carboxylic acid groups (broad SMARTS) is 1. The zero-order valence-corrected chi connectivity index (χ0v) is 18.3. The maximum Gasteiger partial charge on any atom is 0.490 e. The van der Waals surface area contributed by atoms with Gasteiger partial charge in [0, 0.05) is 25.2 Å². The molecule has 1 aromatic carbocycles. The van der Waals surface area contributed by atoms with E-state index in [4.69, 9.17) is 14.6 Å². The minimum absolute atomic E-state index is 0.0608. The highest BCUT2D eigenvalue weighted by atomic mass is 19.4. The van der Waals surface area contributed by atoms with Gasteiger partial charge in [-0.05, 0) is 50.6 Å². The van der Waals surface area contributed by atoms with Crippen LogP contribution in [-0.2, 0) is 24.4 Å². The number of aryl methyl sites for hydroxylation is 1. The summed E-state index contributed by atoms with van der Waals surface area (Å²) in [6, 6.07) is 7.41. The first-order chi connectivity index (χ1) is 15.7. The third kappa shape index (κ3) is 6.47. The normalized spacial score (nSPS) is 16.4. The van der Waals surface area contributed by atoms with E-state index in [1.807, 2.05) is 35.5 Å². The van der Waals surface area contributed by atoms with Crippen LogP contribution < -0.4 is 4.74 Å². The highest BCUT2D eigenvalue weighted by Gasteiger charge is 2.38. The summed E-state index contributed by atoms with van der Waals surface area (Å²) in [5.74, 6) is -1.98. The fourth-order valence-corrected chi connectivity index (χ4v) is 3.91. The average molecular weight is 468 g/mol. The van der Waals surface area contributed by atoms with Crippen LogP contribution in [-0.4, -0.2) is 69.3 Å². The van der Waals surface area contributed by atoms with Crippen molar-refractivity contribution >= 4 is 11.9 Å². The molecule has 0 radical (unpaired) electrons. The van der Waals surface area contributed by atoms with Gasteiger partial charge >= 0.3 is 12.1 Å². The average Bonchev–Trinajstić information content (AvgIpc) is 3.38. The number of carboxylic acids is 1. The van der Waals surface area contributed by atoms with Crippen molar-refractivity contribution in [1.82, 2.24) is 19.4 Å². The van der Waals surface area contributed by atoms with Gasteiger partial charge in [0.05, 0.1) is 31.4 Å². The van der Waals surface area contributed by atoms with Crippen LogP contribution in [0.1, 0.15) is 41.0 Å². The first kappa shape index (κ1) is 24.6. The van der Waals surface area contributed by atoms with Gasteiger partial charge in [-0.1, -0.05) is 6.07 Å². The molecule has 3 heterocycles. The van der Waals surface area contributed by atoms with Gasteiger partial charge in [0.15, 0.2) is 0 Å². The van der Waals surface area contributed by atoms with E-state index in [0.717, 1.165) is 44.8 Å². The second-order valence-corrected chi connectivity index (χ2v) is 7.93. The van der Waals surface area contributed by atoms with Gasteiger partial charge < -0.3 is 19.3 Å². The number of aromatic nitrogens is 2. The van der Waals surface area contributed by atoms with Crippen LogP contribution in [0.5, 0.6) is 5.75 Å². The quantitative estimate of drug-likeness (QED) is 0.742. The second-order valence-electron chi connectivity index (χ2n) is 7.93. The van der Waals surface area contributed by atoms with Crippen LogP contribution in [0.3, 0.4) is 0 Å². The molecule has 1 fully saturated rings. The second kappa shape index (κ2) is 10.7. The number of alkyl halides is 3. The molecule has 0 aliphatic carbocycles. The van der Waals surface area contributed by atoms with Crippen molar-refractivity contribution in [2.24, 2.45) is 0 Å². The maximum atomic E-state index is 13.0. The summed E-state index contributed by atoms with van der Waals surface area (Å²) >= 11 is 0. The van der Waals surface area contributed by atoms with E-state index in [0.29, 0.717) is 17.9 Å². The number of fused-ring (bicyclic) bond motifs is 1. The fraction of sp³-hybridized carbons (Fsp3) is 0.500. The molecule has 2 aliphatic rings. The molecular formula is C22H27F3N4O4. The van der Waals surface area contributed by atoms with Crippen molar-refractivity contribution in [3.05, 3.63) is 47.5 Å². The molecular weight excluding hydrogens is 441 g/mol. The Kier molecular flexibility index (Phi) is 7.96. The minimum atomic E-state index is -5.08. The maximum absolute atomic E-state index is 13.0. The Bertz CT molecular complexity index is 971. The number of amides is 1. The van der Waals surface area contributed by atoms with Crippen LogP contribution in [0.25, 0.3) is 0 Å². The lowest BCUT2D eigenvalue weighted by Crippen LogP contribution is -2.31. The molecule has 2 aliphatic heterocycles. The lowest BCUT2D eigenvalue weighted by Gasteiger charge is -2.22. The topological polar surface area (TPSA) is 87.9 Å². The monoisotopic (exact) mass is 468 g/mol. The van der Waals surface area contributed by atoms with Gasteiger partial charge in [-0.15, -0.1) is 0 Å². The highest BCUT2D eigenvalue weighted by molar-refractivity contribution is 5.94. The van der Waals surface area contributed by atoms with Crippen LogP contribution in [0.4, 0.5) is 13.2 Å². The highest BCUT2D eigenvalue weighted by Crippen LogP contribution is 2.22. The van der Waals surface area contributed by atoms with Gasteiger partial charge in [-0.2, -0.15) is 13.2 Å². The van der Waals surface area contributed by atoms with Crippen molar-refractivity contribution in [1.29, 1.82) is 0 Å². The molecule has 1 N–H and O–H groups in total. The standard InChI is InChI=1S/C20H26N4O2.C2HF3O2/c1-26-17-7-4-6-16(12-17)20(25)23-10-5-11-24-15-21-18(19(24)14-23)13-22-8-2-3-9-22;3-2(4,5)1(6)7/h4,6-7,12,15H,2-3,5,8-11,13-14H2,1H3;(H,6,7). The van der Waals surface area contributed by atoms with Crippen LogP contribution in [0, 0.1) is 0 Å². The third-order valence-electron chi connectivity index (χ3n) is 5.62. The van der Waals surface area contributed by atoms with E-state index in [9.17, 15) is 18.0 Å². The van der Waals surface area contributed by atoms with E-state index in [1.165, 1.54) is 18.5 Å². The van der Waals surface area contributed by atoms with Crippen LogP contribution >= 0.6 is 0 Å². The van der Waals surface area contributed by atoms with Crippen molar-refractivity contribution in [3.63, 3.8) is 0 Å². The molecule has 1 saturated heterocycles. The minimum Gasteiger partial charge on any atom is -0.497 e. The predicted octanol–water partition coefficient (Wildman–Crippen LogP) is 3.17. The van der Waals surface area contributed by atoms with Crippen LogP contribution in [0.15, 0.2) is 30.6 Å². The molecule has 1 amide bonds. The van der Waals surface area contributed by atoms with E-state index in [2.05, 4.69) is 14.5 Å². The van der Waals surface area contributed by atoms with Crippen molar-refractivity contribution in [2.45, 2.75) is 45.1 Å². The Hall–Kier alpha value is -3.08. The summed E-state index contributed by atoms with van der Waals surface area (Å²) in [6.45, 7) is 5.51. The number of nitrogens with zero attached hydrogens (tertiary/aromatic N) is 4. The Morgan fingerprint density at radius 3 is 2.45 bits per heavy atom. The first-order valence-corrected chi connectivity index (χ1v) is 10.7. The van der Waals surface area contributed by atoms with Crippen molar-refractivity contribution in [3.8, 4) is 5.75 Å². The van der Waals surface area contributed by atoms with Gasteiger partial charge in [-0.3, -0.25) is 9.69 Å². The van der Waals surface area contributed by atoms with Crippen LogP contribution in [0.2, 0.25) is 0 Å². The SMILES string of the molecule is COc1cccc(C(=O)N2CCCn3cnc(CN4CCCC4)c3C2)c1.O=C(O)C(F)(F)F. The number of methoxy groups -OCH3 is 1. The van der Waals surface area contributed by atoms with E-state index >= 15 is 0 Å². The summed E-state index contributed by atoms with van der Waals surface area (Å²) in [5.41, 5.74) is 2.99. The number of hydrogen-bond acceptors (Lipinski definition) is 5. The molecule has 0 saturated carbocycles. The molecule has 0 unspecified atom stereocenters. The van der Waals surface area contributed by atoms with E-state index in [1.54, 1.807) is 7.11 Å². The summed E-state index contributed by atoms with van der Waals surface area (Å²) in [6.07, 6.45) is 0.357. The van der Waals surface area contributed by atoms with E-state index in [-0.39, 0.29) is 5.91 Å². The molecule has 1 aromatic heterocycles. The molecule has 33 heavy (non-hydrogen) atoms. The molecule has 11 heteroatoms. The lowest BCUT2D eigenvalue weighted by molar-refractivity contribution is -0.192. The molecule has 0 spiro atoms. The first-order valence-electron chi connectivity index (χ1n) is 10.7. The Labute approximate surface area is 189 Å². The van der Waals surface area contributed by atoms with Crippen molar-refractivity contribution in [2.75, 3.05) is 26.7 Å². The van der Waals surface area contributed by atoms with Gasteiger partial charge in [0.2, 0.25) is 0 Å². The molecule has 8 nitrogen and oxygen atoms in total. The third-order valence-corrected chi connectivity index (χ3v) is 5.62. The predicted molar refractivity (Wildman–Crippen MR) is 113 cm³/mol. The largest absolute Gasteiger partial charge is 0.497 e. The number of hydrogen-bond donors (Lipinski definition) is 1. The van der Waals surface area contributed by atoms with E-state index < -0.39 is 12.1 Å². The number of likely N-dealkylation sites (tertiary alicyclic amines) is 1. The number of aliphatic carboxylic acids is 1. The number of ether oxygens (including phenoxy) is 1. The number of carbonyl (C=O) groups excluding carboxylic acids is 1. The smallest absolute Gasteiger partial charge is 0.490 e. The lowest BCUT2D eigenvalue weighted by atomic mass is 10.1. The molecule has 4 rings (SSSR count). The van der Waals surface area contributed by atoms with Gasteiger partial charge in [0.25, 0.3) is 5.91 Å². The number of imidazole rings is 1. The van der Waals surface area contributed by atoms with Gasteiger partial charge in [-0.25, -0.2) is 9.78 Å². The molecule has 0 atom stereocenters. The number of rotatable bonds is 4. The van der Waals surface area contributed by atoms with Gasteiger partial charge in [0.1, 0.15) is 5.75 Å². The zero-order chi connectivity index (χ0) is 24.0. The molecule has 2 aromatic rings. The molecule has 0 bridgehead atoms. The number of benzene rings is 1. The number of halogens is 3. The summed E-state index contributed by atoms with van der Waals surface area (Å²) < 4.78 is 39.2. The van der Waals surface area contributed by atoms with Crippen molar-refractivity contribution < 1.29 is 32.6 Å².